The van der Waals surface area contributed by atoms with Gasteiger partial charge < -0.3 is 5.73 Å². The topological polar surface area (TPSA) is 63.3 Å². The zero-order valence-corrected chi connectivity index (χ0v) is 6.64. The monoisotopic (exact) mass is 150 g/mol. The van der Waals surface area contributed by atoms with Crippen LogP contribution >= 0.6 is 8.03 Å². The molecular weight excluding hydrogens is 137 g/mol. The number of nitrogens with two attached hydrogens (primary N) is 1. The summed E-state index contributed by atoms with van der Waals surface area (Å²) in [6.45, 7) is 4.08. The molecule has 0 radical (unpaired) electrons. The van der Waals surface area contributed by atoms with Crippen molar-refractivity contribution in [3.8, 4) is 0 Å². The van der Waals surface area contributed by atoms with E-state index in [4.69, 9.17) is 10.6 Å². The van der Waals surface area contributed by atoms with Crippen molar-refractivity contribution in [2.75, 3.05) is 6.54 Å². The molecule has 0 bridgehead atoms. The van der Waals surface area contributed by atoms with Gasteiger partial charge in [0.15, 0.2) is 5.66 Å². The van der Waals surface area contributed by atoms with E-state index < -0.39 is 8.03 Å². The lowest BCUT2D eigenvalue weighted by molar-refractivity contribution is 0.463. The molecule has 4 heteroatoms. The predicted octanol–water partition coefficient (Wildman–Crippen LogP) is 0.704. The lowest BCUT2D eigenvalue weighted by Gasteiger charge is -2.04. The van der Waals surface area contributed by atoms with Crippen LogP contribution in [0, 0.1) is 5.92 Å². The molecule has 0 aromatic heterocycles. The first-order chi connectivity index (χ1) is 4.09. The number of rotatable bonds is 3. The Kier molecular flexibility index (Phi) is 3.95. The molecule has 0 heterocycles. The summed E-state index contributed by atoms with van der Waals surface area (Å²) in [6.07, 6.45) is 0. The van der Waals surface area contributed by atoms with Crippen LogP contribution in [0.15, 0.2) is 0 Å². The molecule has 3 nitrogen and oxygen atoms in total. The maximum absolute atomic E-state index is 10.4. The molecule has 0 amide bonds. The fraction of sp³-hybridized carbons (Fsp3) is 1.00. The Balaban J connectivity index is 3.72. The van der Waals surface area contributed by atoms with Crippen LogP contribution in [0.4, 0.5) is 0 Å². The van der Waals surface area contributed by atoms with Crippen LogP contribution < -0.4 is 5.73 Å². The van der Waals surface area contributed by atoms with E-state index in [1.54, 1.807) is 6.92 Å². The van der Waals surface area contributed by atoms with Crippen molar-refractivity contribution in [2.45, 2.75) is 19.5 Å². The van der Waals surface area contributed by atoms with Crippen LogP contribution in [-0.4, -0.2) is 17.1 Å². The maximum atomic E-state index is 10.4. The van der Waals surface area contributed by atoms with E-state index in [9.17, 15) is 4.57 Å². The van der Waals surface area contributed by atoms with Gasteiger partial charge in [0.05, 0.1) is 0 Å². The van der Waals surface area contributed by atoms with Gasteiger partial charge >= 0.3 is 8.03 Å². The first kappa shape index (κ1) is 9.02. The van der Waals surface area contributed by atoms with Gasteiger partial charge in [0.1, 0.15) is 0 Å². The molecule has 0 saturated heterocycles. The van der Waals surface area contributed by atoms with Gasteiger partial charge in [-0.2, -0.15) is 4.89 Å². The Morgan fingerprint density at radius 1 is 1.67 bits per heavy atom. The summed E-state index contributed by atoms with van der Waals surface area (Å²) < 4.78 is 10.4. The van der Waals surface area contributed by atoms with Gasteiger partial charge in [-0.25, -0.2) is 0 Å². The second kappa shape index (κ2) is 3.94. The predicted molar refractivity (Wildman–Crippen MR) is 37.5 cm³/mol. The smallest absolute Gasteiger partial charge is 0.330 e. The average Bonchev–Trinajstić information content (AvgIpc) is 1.84. The van der Waals surface area contributed by atoms with E-state index >= 15 is 0 Å². The van der Waals surface area contributed by atoms with Crippen molar-refractivity contribution >= 4 is 8.03 Å². The molecule has 9 heavy (non-hydrogen) atoms. The van der Waals surface area contributed by atoms with Crippen molar-refractivity contribution in [3.05, 3.63) is 0 Å². The molecule has 0 aromatic carbocycles. The van der Waals surface area contributed by atoms with E-state index in [1.165, 1.54) is 0 Å². The normalized spacial score (nSPS) is 18.9. The SMILES string of the molecule is CC(CN)C(C)[P+](=O)O. The third-order valence-electron chi connectivity index (χ3n) is 1.54. The van der Waals surface area contributed by atoms with E-state index in [2.05, 4.69) is 0 Å². The van der Waals surface area contributed by atoms with Crippen LogP contribution in [-0.2, 0) is 4.57 Å². The first-order valence-electron chi connectivity index (χ1n) is 2.95. The Morgan fingerprint density at radius 2 is 2.11 bits per heavy atom. The Labute approximate surface area is 56.1 Å². The molecule has 0 rings (SSSR count). The molecular formula is C5H13NO2P+. The minimum Gasteiger partial charge on any atom is -0.330 e. The van der Waals surface area contributed by atoms with Gasteiger partial charge in [0.2, 0.25) is 0 Å². The van der Waals surface area contributed by atoms with Gasteiger partial charge in [-0.1, -0.05) is 6.92 Å². The van der Waals surface area contributed by atoms with Crippen molar-refractivity contribution < 1.29 is 9.46 Å². The van der Waals surface area contributed by atoms with Crippen LogP contribution in [0.5, 0.6) is 0 Å². The summed E-state index contributed by atoms with van der Waals surface area (Å²) in [5, 5.41) is 0. The van der Waals surface area contributed by atoms with Gasteiger partial charge in [-0.05, 0) is 18.0 Å². The summed E-state index contributed by atoms with van der Waals surface area (Å²) in [7, 11) is -2.04. The highest BCUT2D eigenvalue weighted by Crippen LogP contribution is 2.27. The summed E-state index contributed by atoms with van der Waals surface area (Å²) in [4.78, 5) is 8.58. The summed E-state index contributed by atoms with van der Waals surface area (Å²) >= 11 is 0. The molecule has 0 saturated carbocycles. The summed E-state index contributed by atoms with van der Waals surface area (Å²) in [5.41, 5.74) is 5.10. The van der Waals surface area contributed by atoms with Crippen molar-refractivity contribution in [1.82, 2.24) is 0 Å². The Hall–Kier alpha value is 0.0200. The van der Waals surface area contributed by atoms with E-state index in [-0.39, 0.29) is 11.6 Å². The number of hydrogen-bond acceptors (Lipinski definition) is 2. The highest BCUT2D eigenvalue weighted by molar-refractivity contribution is 7.38. The third kappa shape index (κ3) is 2.89. The van der Waals surface area contributed by atoms with Gasteiger partial charge in [-0.3, -0.25) is 0 Å². The quantitative estimate of drug-likeness (QED) is 0.582. The minimum atomic E-state index is -2.04. The second-order valence-corrected chi connectivity index (χ2v) is 3.68. The van der Waals surface area contributed by atoms with Crippen LogP contribution in [0.25, 0.3) is 0 Å². The molecule has 0 aliphatic carbocycles. The van der Waals surface area contributed by atoms with Crippen LogP contribution in [0.2, 0.25) is 0 Å². The minimum absolute atomic E-state index is 0.138. The van der Waals surface area contributed by atoms with Crippen molar-refractivity contribution in [1.29, 1.82) is 0 Å². The first-order valence-corrected chi connectivity index (χ1v) is 4.23. The van der Waals surface area contributed by atoms with Gasteiger partial charge in [0.25, 0.3) is 0 Å². The number of hydrogen-bond donors (Lipinski definition) is 2. The standard InChI is InChI=1S/C5H12NO2P/c1-4(3-6)5(2)9(7)8/h4-5H,3,6H2,1-2H3/p+1. The average molecular weight is 150 g/mol. The molecule has 3 atom stereocenters. The summed E-state index contributed by atoms with van der Waals surface area (Å²) in [5.74, 6) is 0.138. The molecule has 54 valence electrons. The van der Waals surface area contributed by atoms with Crippen LogP contribution in [0.1, 0.15) is 13.8 Å². The molecule has 3 unspecified atom stereocenters. The molecule has 3 N–H and O–H groups in total. The lowest BCUT2D eigenvalue weighted by Crippen LogP contribution is -2.19. The Bertz CT molecular complexity index is 107. The molecule has 0 aromatic rings. The zero-order valence-electron chi connectivity index (χ0n) is 5.74. The molecule has 0 aliphatic rings. The highest BCUT2D eigenvalue weighted by Gasteiger charge is 2.28. The van der Waals surface area contributed by atoms with E-state index in [0.717, 1.165) is 0 Å². The highest BCUT2D eigenvalue weighted by atomic mass is 31.1. The maximum Gasteiger partial charge on any atom is 0.508 e. The molecule has 0 fully saturated rings. The lowest BCUT2D eigenvalue weighted by atomic mass is 10.1. The van der Waals surface area contributed by atoms with Crippen molar-refractivity contribution in [2.24, 2.45) is 11.7 Å². The van der Waals surface area contributed by atoms with Gasteiger partial charge in [0, 0.05) is 5.92 Å². The Morgan fingerprint density at radius 3 is 2.22 bits per heavy atom. The molecule has 0 aliphatic heterocycles. The largest absolute Gasteiger partial charge is 0.508 e. The summed E-state index contributed by atoms with van der Waals surface area (Å²) in [6, 6.07) is 0. The van der Waals surface area contributed by atoms with Gasteiger partial charge in [-0.15, -0.1) is 0 Å². The molecule has 0 spiro atoms. The zero-order chi connectivity index (χ0) is 7.44. The van der Waals surface area contributed by atoms with E-state index in [0.29, 0.717) is 6.54 Å². The fourth-order valence-electron chi connectivity index (χ4n) is 0.415. The van der Waals surface area contributed by atoms with Crippen LogP contribution in [0.3, 0.4) is 0 Å². The second-order valence-electron chi connectivity index (χ2n) is 2.26. The van der Waals surface area contributed by atoms with Crippen molar-refractivity contribution in [3.63, 3.8) is 0 Å². The third-order valence-corrected chi connectivity index (χ3v) is 2.75. The van der Waals surface area contributed by atoms with E-state index in [1.807, 2.05) is 6.92 Å². The fourth-order valence-corrected chi connectivity index (χ4v) is 0.972.